The normalized spacial score (nSPS) is 25.7. The van der Waals surface area contributed by atoms with Gasteiger partial charge >= 0.3 is 11.9 Å². The maximum Gasteiger partial charge on any atom is 0.331 e. The number of esters is 2. The fraction of sp³-hybridized carbons (Fsp3) is 0.636. The van der Waals surface area contributed by atoms with Crippen molar-refractivity contribution in [3.8, 4) is 0 Å². The standard InChI is InChI=1S/C44H70O9/c1-28(13-11-14-29(2)25-39(48)40(49)27-37(10)46)21-30(3)18-20-44(51)52-41-15-12-16-43(50)53-42(19-17-31(4)22-34(41)7)35(8)24-32(5)23-33(6)38(47)26-36(9)45/h11,13-14,17-18,20-21,23,25,33-42,45-49H,12,15-16,19,22,24,26-27H2,1-10H3/b14-11+,20-18+,28-13+,29-25+,30-21+,31-17-,32-23+/t33-,34-,35+,36-,37+,38-,39+,40+,41+,42-/m1/s1. The molecule has 1 heterocycles. The molecular weight excluding hydrogens is 672 g/mol. The third-order valence-corrected chi connectivity index (χ3v) is 9.48. The Bertz CT molecular complexity index is 1350. The van der Waals surface area contributed by atoms with Crippen molar-refractivity contribution >= 4 is 11.9 Å². The summed E-state index contributed by atoms with van der Waals surface area (Å²) >= 11 is 0. The minimum Gasteiger partial charge on any atom is -0.462 e. The fourth-order valence-electron chi connectivity index (χ4n) is 6.52. The van der Waals surface area contributed by atoms with E-state index >= 15 is 0 Å². The zero-order chi connectivity index (χ0) is 40.2. The van der Waals surface area contributed by atoms with Crippen molar-refractivity contribution in [3.05, 3.63) is 82.5 Å². The predicted octanol–water partition coefficient (Wildman–Crippen LogP) is 7.54. The molecule has 0 radical (unpaired) electrons. The Morgan fingerprint density at radius 3 is 2.19 bits per heavy atom. The molecule has 1 aliphatic rings. The van der Waals surface area contributed by atoms with E-state index in [1.165, 1.54) is 6.08 Å². The van der Waals surface area contributed by atoms with Gasteiger partial charge in [0, 0.05) is 31.3 Å². The van der Waals surface area contributed by atoms with Crippen LogP contribution in [0.3, 0.4) is 0 Å². The molecule has 9 nitrogen and oxygen atoms in total. The number of aliphatic hydroxyl groups is 5. The lowest BCUT2D eigenvalue weighted by atomic mass is 9.89. The van der Waals surface area contributed by atoms with Gasteiger partial charge in [-0.25, -0.2) is 4.79 Å². The summed E-state index contributed by atoms with van der Waals surface area (Å²) in [6.45, 7) is 19.1. The van der Waals surface area contributed by atoms with Crippen LogP contribution < -0.4 is 0 Å². The molecule has 0 aliphatic carbocycles. The molecule has 0 aromatic heterocycles. The zero-order valence-corrected chi connectivity index (χ0v) is 34.0. The highest BCUT2D eigenvalue weighted by Gasteiger charge is 2.26. The van der Waals surface area contributed by atoms with Gasteiger partial charge in [0.15, 0.2) is 0 Å². The van der Waals surface area contributed by atoms with E-state index in [4.69, 9.17) is 9.47 Å². The van der Waals surface area contributed by atoms with Gasteiger partial charge in [0.25, 0.3) is 0 Å². The van der Waals surface area contributed by atoms with Crippen LogP contribution in [0.5, 0.6) is 0 Å². The lowest BCUT2D eigenvalue weighted by Gasteiger charge is -2.27. The van der Waals surface area contributed by atoms with Crippen LogP contribution in [0.4, 0.5) is 0 Å². The second-order valence-electron chi connectivity index (χ2n) is 15.6. The van der Waals surface area contributed by atoms with E-state index in [0.717, 1.165) is 40.7 Å². The Morgan fingerprint density at radius 1 is 0.906 bits per heavy atom. The van der Waals surface area contributed by atoms with Gasteiger partial charge in [0.2, 0.25) is 0 Å². The number of carbonyl (C=O) groups excluding carboxylic acids is 2. The maximum absolute atomic E-state index is 12.9. The monoisotopic (exact) mass is 743 g/mol. The van der Waals surface area contributed by atoms with E-state index in [2.05, 4.69) is 26.8 Å². The molecule has 5 N–H and O–H groups in total. The van der Waals surface area contributed by atoms with Crippen molar-refractivity contribution in [1.29, 1.82) is 0 Å². The van der Waals surface area contributed by atoms with Crippen LogP contribution in [0.2, 0.25) is 0 Å². The largest absolute Gasteiger partial charge is 0.462 e. The Labute approximate surface area is 319 Å². The molecule has 0 spiro atoms. The van der Waals surface area contributed by atoms with Gasteiger partial charge in [-0.2, -0.15) is 0 Å². The van der Waals surface area contributed by atoms with Gasteiger partial charge in [-0.15, -0.1) is 0 Å². The molecular formula is C44H70O9. The highest BCUT2D eigenvalue weighted by Crippen LogP contribution is 2.27. The number of hydrogen-bond donors (Lipinski definition) is 5. The quantitative estimate of drug-likeness (QED) is 0.0440. The van der Waals surface area contributed by atoms with Crippen molar-refractivity contribution in [2.75, 3.05) is 0 Å². The smallest absolute Gasteiger partial charge is 0.331 e. The van der Waals surface area contributed by atoms with Crippen molar-refractivity contribution in [1.82, 2.24) is 0 Å². The molecule has 0 amide bonds. The summed E-state index contributed by atoms with van der Waals surface area (Å²) in [6, 6.07) is 0. The molecule has 0 bridgehead atoms. The van der Waals surface area contributed by atoms with Crippen molar-refractivity contribution in [2.45, 2.75) is 163 Å². The molecule has 1 aliphatic heterocycles. The molecule has 0 aromatic carbocycles. The van der Waals surface area contributed by atoms with E-state index in [-0.39, 0.29) is 48.8 Å². The summed E-state index contributed by atoms with van der Waals surface area (Å²) in [5.74, 6) is -0.659. The van der Waals surface area contributed by atoms with Gasteiger partial charge in [-0.3, -0.25) is 4.79 Å². The number of aliphatic hydroxyl groups excluding tert-OH is 5. The van der Waals surface area contributed by atoms with Crippen LogP contribution in [-0.2, 0) is 19.1 Å². The number of ether oxygens (including phenoxy) is 2. The Morgan fingerprint density at radius 2 is 1.55 bits per heavy atom. The second kappa shape index (κ2) is 25.1. The highest BCUT2D eigenvalue weighted by molar-refractivity contribution is 5.82. The Hall–Kier alpha value is -3.08. The van der Waals surface area contributed by atoms with E-state index in [1.807, 2.05) is 65.0 Å². The van der Waals surface area contributed by atoms with E-state index in [9.17, 15) is 35.1 Å². The van der Waals surface area contributed by atoms with Gasteiger partial charge in [-0.1, -0.05) is 97.2 Å². The summed E-state index contributed by atoms with van der Waals surface area (Å²) in [4.78, 5) is 25.9. The molecule has 0 fully saturated rings. The number of carbonyl (C=O) groups is 2. The Kier molecular flexibility index (Phi) is 22.7. The van der Waals surface area contributed by atoms with Crippen LogP contribution in [-0.4, -0.2) is 80.2 Å². The highest BCUT2D eigenvalue weighted by atomic mass is 16.5. The first-order chi connectivity index (χ1) is 24.8. The minimum absolute atomic E-state index is 0.0587. The average Bonchev–Trinajstić information content (AvgIpc) is 3.03. The summed E-state index contributed by atoms with van der Waals surface area (Å²) in [6.07, 6.45) is 15.5. The van der Waals surface area contributed by atoms with Crippen molar-refractivity contribution in [2.24, 2.45) is 17.8 Å². The SMILES string of the molecule is C/C1=C/C[C@H]([C@@H](C)C/C(C)=C/[C@@H](C)[C@H](O)C[C@@H](C)O)OC(=O)CCC[C@H](OC(=O)/C=C/C(C)=C/C(C)=C/C=C/C(C)=C/[C@H](O)[C@@H](O)C[C@H](C)O)[C@H](C)C1. The molecule has 0 saturated carbocycles. The molecule has 1 rings (SSSR count). The van der Waals surface area contributed by atoms with Crippen molar-refractivity contribution in [3.63, 3.8) is 0 Å². The van der Waals surface area contributed by atoms with Gasteiger partial charge in [0.1, 0.15) is 12.2 Å². The average molecular weight is 743 g/mol. The molecule has 0 unspecified atom stereocenters. The summed E-state index contributed by atoms with van der Waals surface area (Å²) < 4.78 is 11.9. The van der Waals surface area contributed by atoms with Crippen LogP contribution in [0.25, 0.3) is 0 Å². The minimum atomic E-state index is -1.07. The maximum atomic E-state index is 12.9. The van der Waals surface area contributed by atoms with Gasteiger partial charge < -0.3 is 35.0 Å². The van der Waals surface area contributed by atoms with Crippen LogP contribution in [0.1, 0.15) is 121 Å². The molecule has 9 heteroatoms. The topological polar surface area (TPSA) is 154 Å². The van der Waals surface area contributed by atoms with Gasteiger partial charge in [-0.05, 0) is 92.4 Å². The molecule has 0 aromatic rings. The third kappa shape index (κ3) is 21.4. The van der Waals surface area contributed by atoms with Gasteiger partial charge in [0.05, 0.1) is 30.5 Å². The second-order valence-corrected chi connectivity index (χ2v) is 15.6. The number of cyclic esters (lactones) is 1. The lowest BCUT2D eigenvalue weighted by Crippen LogP contribution is -2.28. The number of allylic oxidation sites excluding steroid dienone is 10. The first kappa shape index (κ1) is 47.9. The fourth-order valence-corrected chi connectivity index (χ4v) is 6.52. The molecule has 0 saturated heterocycles. The summed E-state index contributed by atoms with van der Waals surface area (Å²) in [7, 11) is 0. The molecule has 300 valence electrons. The van der Waals surface area contributed by atoms with E-state index in [1.54, 1.807) is 26.0 Å². The third-order valence-electron chi connectivity index (χ3n) is 9.48. The van der Waals surface area contributed by atoms with E-state index < -0.39 is 36.5 Å². The van der Waals surface area contributed by atoms with Crippen LogP contribution in [0.15, 0.2) is 82.5 Å². The van der Waals surface area contributed by atoms with E-state index in [0.29, 0.717) is 25.7 Å². The van der Waals surface area contributed by atoms with Crippen LogP contribution >= 0.6 is 0 Å². The predicted molar refractivity (Wildman–Crippen MR) is 213 cm³/mol. The Balaban J connectivity index is 2.86. The summed E-state index contributed by atoms with van der Waals surface area (Å²) in [5.41, 5.74) is 4.84. The van der Waals surface area contributed by atoms with Crippen molar-refractivity contribution < 1.29 is 44.6 Å². The lowest BCUT2D eigenvalue weighted by molar-refractivity contribution is -0.152. The number of rotatable bonds is 17. The van der Waals surface area contributed by atoms with Crippen LogP contribution in [0, 0.1) is 17.8 Å². The number of hydrogen-bond acceptors (Lipinski definition) is 9. The molecule has 53 heavy (non-hydrogen) atoms. The zero-order valence-electron chi connectivity index (χ0n) is 34.0. The first-order valence-electron chi connectivity index (χ1n) is 19.3. The molecule has 10 atom stereocenters. The first-order valence-corrected chi connectivity index (χ1v) is 19.3. The summed E-state index contributed by atoms with van der Waals surface area (Å²) in [5, 5.41) is 49.4.